The first-order valence-electron chi connectivity index (χ1n) is 6.24. The molecule has 18 heavy (non-hydrogen) atoms. The van der Waals surface area contributed by atoms with Crippen LogP contribution in [-0.2, 0) is 5.41 Å². The van der Waals surface area contributed by atoms with E-state index >= 15 is 0 Å². The molecule has 0 amide bonds. The van der Waals surface area contributed by atoms with Gasteiger partial charge in [0.25, 0.3) is 0 Å². The molecule has 1 heterocycles. The lowest BCUT2D eigenvalue weighted by Gasteiger charge is -2.28. The van der Waals surface area contributed by atoms with Crippen LogP contribution in [0.3, 0.4) is 0 Å². The number of para-hydroxylation sites is 1. The number of anilines is 1. The molecule has 1 heteroatoms. The minimum Gasteiger partial charge on any atom is -0.347 e. The summed E-state index contributed by atoms with van der Waals surface area (Å²) in [6, 6.07) is 19.2. The highest BCUT2D eigenvalue weighted by Gasteiger charge is 2.42. The lowest BCUT2D eigenvalue weighted by Crippen LogP contribution is -2.26. The molecule has 2 aromatic rings. The Morgan fingerprint density at radius 1 is 0.944 bits per heavy atom. The standard InChI is InChI=1S/C17H17N/c1-13-17(2,14-9-5-4-6-10-14)15-11-7-8-12-16(15)18(13)3/h4-12H,1H2,2-3H3. The maximum atomic E-state index is 4.31. The quantitative estimate of drug-likeness (QED) is 0.723. The third-order valence-electron chi connectivity index (χ3n) is 4.14. The Hall–Kier alpha value is -2.02. The van der Waals surface area contributed by atoms with Gasteiger partial charge < -0.3 is 4.90 Å². The van der Waals surface area contributed by atoms with Gasteiger partial charge in [-0.05, 0) is 24.1 Å². The molecule has 0 spiro atoms. The molecule has 1 aliphatic rings. The Labute approximate surface area is 108 Å². The molecule has 0 saturated carbocycles. The normalized spacial score (nSPS) is 22.1. The lowest BCUT2D eigenvalue weighted by molar-refractivity contribution is 0.694. The summed E-state index contributed by atoms with van der Waals surface area (Å²) in [5.41, 5.74) is 4.91. The molecule has 0 fully saturated rings. The Morgan fingerprint density at radius 3 is 2.28 bits per heavy atom. The van der Waals surface area contributed by atoms with E-state index in [2.05, 4.69) is 80.0 Å². The van der Waals surface area contributed by atoms with Crippen LogP contribution in [0.1, 0.15) is 18.1 Å². The number of likely N-dealkylation sites (N-methyl/N-ethyl adjacent to an activating group) is 1. The number of hydrogen-bond donors (Lipinski definition) is 0. The largest absolute Gasteiger partial charge is 0.347 e. The number of benzene rings is 2. The molecule has 1 unspecified atom stereocenters. The van der Waals surface area contributed by atoms with Gasteiger partial charge in [-0.25, -0.2) is 0 Å². The minimum absolute atomic E-state index is 0.118. The Bertz CT molecular complexity index is 600. The van der Waals surface area contributed by atoms with Gasteiger partial charge in [-0.15, -0.1) is 0 Å². The summed E-state index contributed by atoms with van der Waals surface area (Å²) in [5.74, 6) is 0. The Balaban J connectivity index is 2.27. The molecule has 0 aromatic heterocycles. The molecule has 1 nitrogen and oxygen atoms in total. The van der Waals surface area contributed by atoms with Crippen LogP contribution in [0.25, 0.3) is 0 Å². The molecule has 0 aliphatic carbocycles. The van der Waals surface area contributed by atoms with E-state index in [1.165, 1.54) is 16.8 Å². The van der Waals surface area contributed by atoms with Gasteiger partial charge in [0, 0.05) is 18.4 Å². The zero-order chi connectivity index (χ0) is 12.8. The van der Waals surface area contributed by atoms with Gasteiger partial charge in [-0.1, -0.05) is 55.1 Å². The summed E-state index contributed by atoms with van der Waals surface area (Å²) >= 11 is 0. The van der Waals surface area contributed by atoms with Gasteiger partial charge >= 0.3 is 0 Å². The molecule has 3 rings (SSSR count). The van der Waals surface area contributed by atoms with E-state index in [9.17, 15) is 0 Å². The van der Waals surface area contributed by atoms with Crippen LogP contribution >= 0.6 is 0 Å². The number of rotatable bonds is 1. The van der Waals surface area contributed by atoms with E-state index in [0.717, 1.165) is 5.70 Å². The predicted octanol–water partition coefficient (Wildman–Crippen LogP) is 3.96. The van der Waals surface area contributed by atoms with Crippen LogP contribution in [-0.4, -0.2) is 7.05 Å². The first-order chi connectivity index (χ1) is 8.65. The third-order valence-corrected chi connectivity index (χ3v) is 4.14. The number of allylic oxidation sites excluding steroid dienone is 1. The van der Waals surface area contributed by atoms with Crippen molar-refractivity contribution >= 4 is 5.69 Å². The number of nitrogens with zero attached hydrogens (tertiary/aromatic N) is 1. The highest BCUT2D eigenvalue weighted by Crippen LogP contribution is 2.49. The van der Waals surface area contributed by atoms with Crippen LogP contribution in [0.2, 0.25) is 0 Å². The summed E-state index contributed by atoms with van der Waals surface area (Å²) in [6.45, 7) is 6.56. The fourth-order valence-electron chi connectivity index (χ4n) is 2.92. The molecule has 2 aromatic carbocycles. The molecule has 1 aliphatic heterocycles. The summed E-state index contributed by atoms with van der Waals surface area (Å²) < 4.78 is 0. The van der Waals surface area contributed by atoms with Crippen LogP contribution in [0, 0.1) is 0 Å². The van der Waals surface area contributed by atoms with Crippen LogP contribution in [0.5, 0.6) is 0 Å². The van der Waals surface area contributed by atoms with E-state index in [0.29, 0.717) is 0 Å². The molecule has 0 saturated heterocycles. The summed E-state index contributed by atoms with van der Waals surface area (Å²) in [4.78, 5) is 2.20. The first-order valence-corrected chi connectivity index (χ1v) is 6.24. The zero-order valence-corrected chi connectivity index (χ0v) is 10.9. The van der Waals surface area contributed by atoms with Crippen molar-refractivity contribution in [3.05, 3.63) is 78.0 Å². The maximum absolute atomic E-state index is 4.31. The van der Waals surface area contributed by atoms with Crippen molar-refractivity contribution in [1.29, 1.82) is 0 Å². The second-order valence-electron chi connectivity index (χ2n) is 5.01. The highest BCUT2D eigenvalue weighted by atomic mass is 15.2. The van der Waals surface area contributed by atoms with Gasteiger partial charge in [0.15, 0.2) is 0 Å². The van der Waals surface area contributed by atoms with Crippen molar-refractivity contribution in [3.63, 3.8) is 0 Å². The average molecular weight is 235 g/mol. The summed E-state index contributed by atoms with van der Waals surface area (Å²) in [7, 11) is 2.09. The van der Waals surface area contributed by atoms with Crippen molar-refractivity contribution < 1.29 is 0 Å². The zero-order valence-electron chi connectivity index (χ0n) is 10.9. The van der Waals surface area contributed by atoms with Crippen LogP contribution in [0.15, 0.2) is 66.9 Å². The van der Waals surface area contributed by atoms with Crippen LogP contribution in [0.4, 0.5) is 5.69 Å². The summed E-state index contributed by atoms with van der Waals surface area (Å²) in [5, 5.41) is 0. The highest BCUT2D eigenvalue weighted by molar-refractivity contribution is 5.73. The summed E-state index contributed by atoms with van der Waals surface area (Å²) in [6.07, 6.45) is 0. The molecule has 0 N–H and O–H groups in total. The molecule has 1 atom stereocenters. The average Bonchev–Trinajstić information content (AvgIpc) is 2.64. The van der Waals surface area contributed by atoms with E-state index in [4.69, 9.17) is 0 Å². The first kappa shape index (κ1) is 11.1. The molecule has 0 bridgehead atoms. The lowest BCUT2D eigenvalue weighted by atomic mass is 9.76. The monoisotopic (exact) mass is 235 g/mol. The Kier molecular flexibility index (Phi) is 2.30. The van der Waals surface area contributed by atoms with Crippen molar-refractivity contribution in [2.45, 2.75) is 12.3 Å². The Morgan fingerprint density at radius 2 is 1.56 bits per heavy atom. The van der Waals surface area contributed by atoms with Gasteiger partial charge in [0.1, 0.15) is 0 Å². The van der Waals surface area contributed by atoms with Gasteiger partial charge in [-0.2, -0.15) is 0 Å². The van der Waals surface area contributed by atoms with Gasteiger partial charge in [0.05, 0.1) is 5.41 Å². The minimum atomic E-state index is -0.118. The molecule has 0 radical (unpaired) electrons. The number of hydrogen-bond acceptors (Lipinski definition) is 1. The molecular formula is C17H17N. The van der Waals surface area contributed by atoms with E-state index in [1.807, 2.05) is 0 Å². The second kappa shape index (κ2) is 3.74. The topological polar surface area (TPSA) is 3.24 Å². The third kappa shape index (κ3) is 1.28. The predicted molar refractivity (Wildman–Crippen MR) is 76.9 cm³/mol. The van der Waals surface area contributed by atoms with Crippen LogP contribution < -0.4 is 4.90 Å². The van der Waals surface area contributed by atoms with Crippen molar-refractivity contribution in [3.8, 4) is 0 Å². The van der Waals surface area contributed by atoms with E-state index < -0.39 is 0 Å². The second-order valence-corrected chi connectivity index (χ2v) is 5.01. The fourth-order valence-corrected chi connectivity index (χ4v) is 2.92. The SMILES string of the molecule is C=C1N(C)c2ccccc2C1(C)c1ccccc1. The van der Waals surface area contributed by atoms with Gasteiger partial charge in [0.2, 0.25) is 0 Å². The van der Waals surface area contributed by atoms with Crippen molar-refractivity contribution in [1.82, 2.24) is 0 Å². The smallest absolute Gasteiger partial charge is 0.0590 e. The van der Waals surface area contributed by atoms with E-state index in [-0.39, 0.29) is 5.41 Å². The number of fused-ring (bicyclic) bond motifs is 1. The fraction of sp³-hybridized carbons (Fsp3) is 0.176. The molecular weight excluding hydrogens is 218 g/mol. The van der Waals surface area contributed by atoms with Crippen molar-refractivity contribution in [2.75, 3.05) is 11.9 Å². The maximum Gasteiger partial charge on any atom is 0.0590 e. The van der Waals surface area contributed by atoms with Crippen molar-refractivity contribution in [2.24, 2.45) is 0 Å². The molecule has 90 valence electrons. The van der Waals surface area contributed by atoms with E-state index in [1.54, 1.807) is 0 Å². The van der Waals surface area contributed by atoms with Gasteiger partial charge in [-0.3, -0.25) is 0 Å².